The largest absolute Gasteiger partial charge is 0.321 e. The first-order valence-electron chi connectivity index (χ1n) is 5.82. The molecule has 2 aromatic carbocycles. The zero-order valence-corrected chi connectivity index (χ0v) is 10.8. The second-order valence-corrected chi connectivity index (χ2v) is 4.81. The lowest BCUT2D eigenvalue weighted by Crippen LogP contribution is -2.03. The lowest BCUT2D eigenvalue weighted by molar-refractivity contribution is -0.110. The van der Waals surface area contributed by atoms with Gasteiger partial charge in [-0.15, -0.1) is 0 Å². The second kappa shape index (κ2) is 4.72. The average molecular weight is 292 g/mol. The van der Waals surface area contributed by atoms with Crippen molar-refractivity contribution in [3.05, 3.63) is 64.2 Å². The molecular weight excluding hydrogens is 284 g/mol. The van der Waals surface area contributed by atoms with E-state index < -0.39 is 11.6 Å². The number of carbonyl (C=O) groups excluding carboxylic acids is 1. The summed E-state index contributed by atoms with van der Waals surface area (Å²) >= 11 is 5.86. The van der Waals surface area contributed by atoms with Crippen LogP contribution in [0.3, 0.4) is 0 Å². The predicted octanol–water partition coefficient (Wildman–Crippen LogP) is 4.11. The maximum atomic E-state index is 13.2. The molecule has 0 aromatic heterocycles. The molecule has 5 heteroatoms. The Morgan fingerprint density at radius 2 is 1.85 bits per heavy atom. The molecule has 0 saturated heterocycles. The molecule has 0 fully saturated rings. The molecule has 0 radical (unpaired) electrons. The third-order valence-electron chi connectivity index (χ3n) is 3.02. The molecule has 1 heterocycles. The number of rotatable bonds is 1. The summed E-state index contributed by atoms with van der Waals surface area (Å²) in [5, 5.41) is 3.19. The Balaban J connectivity index is 2.08. The SMILES string of the molecule is O=C1Nc2cc(Cl)ccc2C1=Cc1ccc(F)c(F)c1. The first-order chi connectivity index (χ1) is 9.54. The van der Waals surface area contributed by atoms with E-state index in [0.29, 0.717) is 27.4 Å². The number of benzene rings is 2. The van der Waals surface area contributed by atoms with Crippen LogP contribution in [0.2, 0.25) is 5.02 Å². The number of hydrogen-bond acceptors (Lipinski definition) is 1. The minimum Gasteiger partial charge on any atom is -0.321 e. The van der Waals surface area contributed by atoms with E-state index in [0.717, 1.165) is 12.1 Å². The van der Waals surface area contributed by atoms with Gasteiger partial charge in [-0.2, -0.15) is 0 Å². The average Bonchev–Trinajstić information content (AvgIpc) is 2.69. The number of hydrogen-bond donors (Lipinski definition) is 1. The number of halogens is 3. The van der Waals surface area contributed by atoms with E-state index in [4.69, 9.17) is 11.6 Å². The van der Waals surface area contributed by atoms with Crippen molar-refractivity contribution in [3.63, 3.8) is 0 Å². The van der Waals surface area contributed by atoms with Crippen molar-refractivity contribution < 1.29 is 13.6 Å². The fraction of sp³-hybridized carbons (Fsp3) is 0. The highest BCUT2D eigenvalue weighted by molar-refractivity contribution is 6.36. The first-order valence-corrected chi connectivity index (χ1v) is 6.20. The van der Waals surface area contributed by atoms with E-state index in [1.165, 1.54) is 12.1 Å². The van der Waals surface area contributed by atoms with E-state index in [1.807, 2.05) is 0 Å². The summed E-state index contributed by atoms with van der Waals surface area (Å²) in [7, 11) is 0. The van der Waals surface area contributed by atoms with Gasteiger partial charge in [-0.1, -0.05) is 23.7 Å². The minimum atomic E-state index is -0.950. The van der Waals surface area contributed by atoms with Crippen LogP contribution in [0.5, 0.6) is 0 Å². The quantitative estimate of drug-likeness (QED) is 0.787. The second-order valence-electron chi connectivity index (χ2n) is 4.38. The van der Waals surface area contributed by atoms with Crippen LogP contribution >= 0.6 is 11.6 Å². The Hall–Kier alpha value is -2.20. The molecule has 1 aliphatic rings. The Morgan fingerprint density at radius 1 is 1.05 bits per heavy atom. The van der Waals surface area contributed by atoms with E-state index in [9.17, 15) is 13.6 Å². The third kappa shape index (κ3) is 2.18. The molecule has 3 rings (SSSR count). The van der Waals surface area contributed by atoms with Crippen LogP contribution in [0.4, 0.5) is 14.5 Å². The summed E-state index contributed by atoms with van der Waals surface area (Å²) in [4.78, 5) is 11.9. The molecule has 1 aliphatic heterocycles. The van der Waals surface area contributed by atoms with E-state index in [2.05, 4.69) is 5.32 Å². The summed E-state index contributed by atoms with van der Waals surface area (Å²) in [6.07, 6.45) is 1.51. The van der Waals surface area contributed by atoms with Crippen molar-refractivity contribution in [3.8, 4) is 0 Å². The standard InChI is InChI=1S/C15H8ClF2NO/c16-9-2-3-10-11(15(20)19-14(10)7-9)5-8-1-4-12(17)13(18)6-8/h1-7H,(H,19,20). The Morgan fingerprint density at radius 3 is 2.60 bits per heavy atom. The van der Waals surface area contributed by atoms with Gasteiger partial charge in [-0.25, -0.2) is 8.78 Å². The number of fused-ring (bicyclic) bond motifs is 1. The van der Waals surface area contributed by atoms with Gasteiger partial charge in [-0.05, 0) is 35.9 Å². The number of nitrogens with one attached hydrogen (secondary N) is 1. The van der Waals surface area contributed by atoms with Crippen LogP contribution in [0.1, 0.15) is 11.1 Å². The van der Waals surface area contributed by atoms with E-state index in [-0.39, 0.29) is 5.91 Å². The summed E-state index contributed by atoms with van der Waals surface area (Å²) in [5.41, 5.74) is 2.10. The molecule has 20 heavy (non-hydrogen) atoms. The fourth-order valence-corrected chi connectivity index (χ4v) is 2.25. The summed E-state index contributed by atoms with van der Waals surface area (Å²) in [6, 6.07) is 8.50. The maximum absolute atomic E-state index is 13.2. The van der Waals surface area contributed by atoms with Gasteiger partial charge < -0.3 is 5.32 Å². The number of carbonyl (C=O) groups is 1. The van der Waals surface area contributed by atoms with Crippen molar-refractivity contribution >= 4 is 34.8 Å². The normalized spacial score (nSPS) is 15.3. The molecule has 0 atom stereocenters. The van der Waals surface area contributed by atoms with Gasteiger partial charge in [0.2, 0.25) is 0 Å². The van der Waals surface area contributed by atoms with E-state index in [1.54, 1.807) is 18.2 Å². The van der Waals surface area contributed by atoms with Gasteiger partial charge in [0.05, 0.1) is 5.69 Å². The molecule has 1 N–H and O–H groups in total. The molecule has 0 bridgehead atoms. The maximum Gasteiger partial charge on any atom is 0.256 e. The van der Waals surface area contributed by atoms with Crippen LogP contribution < -0.4 is 5.32 Å². The minimum absolute atomic E-state index is 0.299. The molecule has 1 amide bonds. The van der Waals surface area contributed by atoms with Crippen molar-refractivity contribution in [2.75, 3.05) is 5.32 Å². The monoisotopic (exact) mass is 291 g/mol. The molecule has 0 aliphatic carbocycles. The van der Waals surface area contributed by atoms with Gasteiger partial charge in [0.15, 0.2) is 11.6 Å². The molecule has 0 spiro atoms. The van der Waals surface area contributed by atoms with Gasteiger partial charge in [0.25, 0.3) is 5.91 Å². The van der Waals surface area contributed by atoms with Crippen LogP contribution in [0, 0.1) is 11.6 Å². The number of amides is 1. The van der Waals surface area contributed by atoms with Crippen molar-refractivity contribution in [2.24, 2.45) is 0 Å². The summed E-state index contributed by atoms with van der Waals surface area (Å²) in [5.74, 6) is -2.17. The summed E-state index contributed by atoms with van der Waals surface area (Å²) in [6.45, 7) is 0. The lowest BCUT2D eigenvalue weighted by atomic mass is 10.0. The number of anilines is 1. The van der Waals surface area contributed by atoms with E-state index >= 15 is 0 Å². The van der Waals surface area contributed by atoms with Crippen LogP contribution in [-0.4, -0.2) is 5.91 Å². The van der Waals surface area contributed by atoms with Crippen molar-refractivity contribution in [2.45, 2.75) is 0 Å². The van der Waals surface area contributed by atoms with Crippen molar-refractivity contribution in [1.29, 1.82) is 0 Å². The highest BCUT2D eigenvalue weighted by atomic mass is 35.5. The van der Waals surface area contributed by atoms with Gasteiger partial charge in [0.1, 0.15) is 0 Å². The zero-order chi connectivity index (χ0) is 14.3. The summed E-state index contributed by atoms with van der Waals surface area (Å²) < 4.78 is 26.1. The molecular formula is C15H8ClF2NO. The molecule has 100 valence electrons. The van der Waals surface area contributed by atoms with Crippen molar-refractivity contribution in [1.82, 2.24) is 0 Å². The topological polar surface area (TPSA) is 29.1 Å². The molecule has 0 saturated carbocycles. The zero-order valence-electron chi connectivity index (χ0n) is 10.1. The van der Waals surface area contributed by atoms with Crippen LogP contribution in [-0.2, 0) is 4.79 Å². The molecule has 2 nitrogen and oxygen atoms in total. The first kappa shape index (κ1) is 12.8. The lowest BCUT2D eigenvalue weighted by Gasteiger charge is -2.00. The van der Waals surface area contributed by atoms with Gasteiger partial charge in [-0.3, -0.25) is 4.79 Å². The molecule has 2 aromatic rings. The third-order valence-corrected chi connectivity index (χ3v) is 3.25. The van der Waals surface area contributed by atoms with Crippen LogP contribution in [0.25, 0.3) is 11.6 Å². The molecule has 0 unspecified atom stereocenters. The highest BCUT2D eigenvalue weighted by Gasteiger charge is 2.24. The Labute approximate surface area is 118 Å². The Kier molecular flexibility index (Phi) is 3.03. The Bertz CT molecular complexity index is 756. The fourth-order valence-electron chi connectivity index (χ4n) is 2.08. The smallest absolute Gasteiger partial charge is 0.256 e. The van der Waals surface area contributed by atoms with Crippen LogP contribution in [0.15, 0.2) is 36.4 Å². The highest BCUT2D eigenvalue weighted by Crippen LogP contribution is 2.34. The van der Waals surface area contributed by atoms with Gasteiger partial charge in [0, 0.05) is 16.2 Å². The predicted molar refractivity (Wildman–Crippen MR) is 74.3 cm³/mol. The van der Waals surface area contributed by atoms with Gasteiger partial charge >= 0.3 is 0 Å².